The van der Waals surface area contributed by atoms with Crippen LogP contribution >= 0.6 is 0 Å². The largest absolute Gasteiger partial charge is 0.481 e. The molecule has 6 heteroatoms. The standard InChI is InChI=1S/C12H16N2O4/c1-9(12(15)16)4-3-7-13-10-5-2-6-11(8-10)14(17)18/h2,5-6,8-9,13H,3-4,7H2,1H3,(H,15,16). The third-order valence-corrected chi connectivity index (χ3v) is 2.62. The topological polar surface area (TPSA) is 92.5 Å². The van der Waals surface area contributed by atoms with E-state index < -0.39 is 10.9 Å². The molecule has 1 unspecified atom stereocenters. The van der Waals surface area contributed by atoms with Crippen LogP contribution in [0.5, 0.6) is 0 Å². The van der Waals surface area contributed by atoms with Gasteiger partial charge in [-0.15, -0.1) is 0 Å². The summed E-state index contributed by atoms with van der Waals surface area (Å²) in [6, 6.07) is 6.24. The number of nitro benzene ring substituents is 1. The number of non-ortho nitro benzene ring substituents is 1. The molecule has 0 saturated heterocycles. The van der Waals surface area contributed by atoms with Crippen molar-refractivity contribution in [2.45, 2.75) is 19.8 Å². The van der Waals surface area contributed by atoms with Gasteiger partial charge in [-0.25, -0.2) is 0 Å². The molecular formula is C12H16N2O4. The van der Waals surface area contributed by atoms with Crippen molar-refractivity contribution in [3.05, 3.63) is 34.4 Å². The van der Waals surface area contributed by atoms with Crippen LogP contribution < -0.4 is 5.32 Å². The van der Waals surface area contributed by atoms with Crippen molar-refractivity contribution in [3.63, 3.8) is 0 Å². The van der Waals surface area contributed by atoms with E-state index in [1.54, 1.807) is 19.1 Å². The van der Waals surface area contributed by atoms with Gasteiger partial charge in [0.25, 0.3) is 5.69 Å². The summed E-state index contributed by atoms with van der Waals surface area (Å²) in [5, 5.41) is 22.3. The van der Waals surface area contributed by atoms with Crippen LogP contribution in [0, 0.1) is 16.0 Å². The molecule has 98 valence electrons. The van der Waals surface area contributed by atoms with Gasteiger partial charge in [-0.05, 0) is 18.9 Å². The van der Waals surface area contributed by atoms with Crippen molar-refractivity contribution >= 4 is 17.3 Å². The SMILES string of the molecule is CC(CCCNc1cccc([N+](=O)[O-])c1)C(=O)O. The number of hydrogen-bond donors (Lipinski definition) is 2. The fraction of sp³-hybridized carbons (Fsp3) is 0.417. The van der Waals surface area contributed by atoms with Gasteiger partial charge in [0.15, 0.2) is 0 Å². The summed E-state index contributed by atoms with van der Waals surface area (Å²) in [6.07, 6.45) is 1.29. The number of nitrogens with one attached hydrogen (secondary N) is 1. The summed E-state index contributed by atoms with van der Waals surface area (Å²) in [5.41, 5.74) is 0.714. The van der Waals surface area contributed by atoms with Gasteiger partial charge >= 0.3 is 5.97 Å². The highest BCUT2D eigenvalue weighted by Gasteiger charge is 2.10. The predicted octanol–water partition coefficient (Wildman–Crippen LogP) is 2.51. The molecule has 0 aromatic heterocycles. The summed E-state index contributed by atoms with van der Waals surface area (Å²) in [7, 11) is 0. The van der Waals surface area contributed by atoms with Crippen LogP contribution in [0.3, 0.4) is 0 Å². The average Bonchev–Trinajstić information content (AvgIpc) is 2.34. The Morgan fingerprint density at radius 1 is 1.56 bits per heavy atom. The summed E-state index contributed by atoms with van der Waals surface area (Å²) in [4.78, 5) is 20.7. The number of hydrogen-bond acceptors (Lipinski definition) is 4. The van der Waals surface area contributed by atoms with Crippen molar-refractivity contribution in [1.29, 1.82) is 0 Å². The number of carboxylic acid groups (broad SMARTS) is 1. The molecule has 0 aliphatic rings. The van der Waals surface area contributed by atoms with Gasteiger partial charge in [-0.2, -0.15) is 0 Å². The highest BCUT2D eigenvalue weighted by Crippen LogP contribution is 2.17. The lowest BCUT2D eigenvalue weighted by molar-refractivity contribution is -0.384. The number of anilines is 1. The molecule has 0 aliphatic heterocycles. The minimum Gasteiger partial charge on any atom is -0.481 e. The molecule has 0 amide bonds. The van der Waals surface area contributed by atoms with Crippen molar-refractivity contribution < 1.29 is 14.8 Å². The molecule has 0 heterocycles. The predicted molar refractivity (Wildman–Crippen MR) is 67.6 cm³/mol. The molecule has 2 N–H and O–H groups in total. The zero-order valence-corrected chi connectivity index (χ0v) is 10.1. The molecule has 0 saturated carbocycles. The van der Waals surface area contributed by atoms with Crippen LogP contribution in [0.2, 0.25) is 0 Å². The van der Waals surface area contributed by atoms with E-state index in [0.29, 0.717) is 25.1 Å². The van der Waals surface area contributed by atoms with Gasteiger partial charge in [0.2, 0.25) is 0 Å². The van der Waals surface area contributed by atoms with Gasteiger partial charge in [0, 0.05) is 24.4 Å². The summed E-state index contributed by atoms with van der Waals surface area (Å²) < 4.78 is 0. The fourth-order valence-electron chi connectivity index (χ4n) is 1.49. The molecule has 0 aliphatic carbocycles. The van der Waals surface area contributed by atoms with Gasteiger partial charge in [-0.1, -0.05) is 13.0 Å². The Balaban J connectivity index is 2.38. The summed E-state index contributed by atoms with van der Waals surface area (Å²) in [6.45, 7) is 2.26. The highest BCUT2D eigenvalue weighted by molar-refractivity contribution is 5.69. The van der Waals surface area contributed by atoms with E-state index in [0.717, 1.165) is 0 Å². The smallest absolute Gasteiger partial charge is 0.306 e. The van der Waals surface area contributed by atoms with E-state index in [1.165, 1.54) is 12.1 Å². The molecule has 1 rings (SSSR count). The van der Waals surface area contributed by atoms with Crippen LogP contribution in [0.1, 0.15) is 19.8 Å². The average molecular weight is 252 g/mol. The summed E-state index contributed by atoms with van der Waals surface area (Å²) >= 11 is 0. The fourth-order valence-corrected chi connectivity index (χ4v) is 1.49. The second-order valence-corrected chi connectivity index (χ2v) is 4.12. The Morgan fingerprint density at radius 3 is 2.89 bits per heavy atom. The van der Waals surface area contributed by atoms with Crippen LogP contribution in [0.25, 0.3) is 0 Å². The molecular weight excluding hydrogens is 236 g/mol. The van der Waals surface area contributed by atoms with E-state index >= 15 is 0 Å². The van der Waals surface area contributed by atoms with E-state index in [4.69, 9.17) is 5.11 Å². The lowest BCUT2D eigenvalue weighted by atomic mass is 10.1. The van der Waals surface area contributed by atoms with Crippen molar-refractivity contribution in [2.24, 2.45) is 5.92 Å². The van der Waals surface area contributed by atoms with E-state index in [-0.39, 0.29) is 11.6 Å². The minimum absolute atomic E-state index is 0.0407. The van der Waals surface area contributed by atoms with E-state index in [2.05, 4.69) is 5.32 Å². The molecule has 0 fully saturated rings. The van der Waals surface area contributed by atoms with Crippen molar-refractivity contribution in [1.82, 2.24) is 0 Å². The maximum absolute atomic E-state index is 10.6. The Labute approximate surface area is 105 Å². The first-order chi connectivity index (χ1) is 8.50. The zero-order valence-electron chi connectivity index (χ0n) is 10.1. The molecule has 1 atom stereocenters. The number of rotatable bonds is 7. The van der Waals surface area contributed by atoms with Gasteiger partial charge in [0.1, 0.15) is 0 Å². The number of carboxylic acids is 1. The first-order valence-corrected chi connectivity index (χ1v) is 5.72. The summed E-state index contributed by atoms with van der Waals surface area (Å²) in [5.74, 6) is -1.16. The first-order valence-electron chi connectivity index (χ1n) is 5.72. The minimum atomic E-state index is -0.801. The maximum Gasteiger partial charge on any atom is 0.306 e. The Bertz CT molecular complexity index is 434. The molecule has 1 aromatic rings. The number of nitrogens with zero attached hydrogens (tertiary/aromatic N) is 1. The van der Waals surface area contributed by atoms with Gasteiger partial charge in [0.05, 0.1) is 10.8 Å². The normalized spacial score (nSPS) is 11.8. The molecule has 6 nitrogen and oxygen atoms in total. The van der Waals surface area contributed by atoms with Crippen LogP contribution in [-0.2, 0) is 4.79 Å². The first kappa shape index (κ1) is 14.0. The maximum atomic E-state index is 10.6. The molecule has 0 bridgehead atoms. The van der Waals surface area contributed by atoms with Crippen LogP contribution in [-0.4, -0.2) is 22.5 Å². The van der Waals surface area contributed by atoms with Gasteiger partial charge < -0.3 is 10.4 Å². The third kappa shape index (κ3) is 4.40. The number of carbonyl (C=O) groups is 1. The Hall–Kier alpha value is -2.11. The van der Waals surface area contributed by atoms with E-state index in [1.807, 2.05) is 0 Å². The Kier molecular flexibility index (Phi) is 5.10. The quantitative estimate of drug-likeness (QED) is 0.442. The Morgan fingerprint density at radius 2 is 2.28 bits per heavy atom. The number of benzene rings is 1. The second kappa shape index (κ2) is 6.58. The third-order valence-electron chi connectivity index (χ3n) is 2.62. The number of nitro groups is 1. The second-order valence-electron chi connectivity index (χ2n) is 4.12. The van der Waals surface area contributed by atoms with Crippen LogP contribution in [0.4, 0.5) is 11.4 Å². The lowest BCUT2D eigenvalue weighted by Crippen LogP contribution is -2.11. The van der Waals surface area contributed by atoms with Gasteiger partial charge in [-0.3, -0.25) is 14.9 Å². The van der Waals surface area contributed by atoms with Crippen molar-refractivity contribution in [3.8, 4) is 0 Å². The van der Waals surface area contributed by atoms with Crippen molar-refractivity contribution in [2.75, 3.05) is 11.9 Å². The highest BCUT2D eigenvalue weighted by atomic mass is 16.6. The van der Waals surface area contributed by atoms with Crippen LogP contribution in [0.15, 0.2) is 24.3 Å². The lowest BCUT2D eigenvalue weighted by Gasteiger charge is -2.08. The number of aliphatic carboxylic acids is 1. The van der Waals surface area contributed by atoms with E-state index in [9.17, 15) is 14.9 Å². The molecule has 0 spiro atoms. The molecule has 0 radical (unpaired) electrons. The zero-order chi connectivity index (χ0) is 13.5. The monoisotopic (exact) mass is 252 g/mol. The molecule has 1 aromatic carbocycles. The molecule has 18 heavy (non-hydrogen) atoms.